The summed E-state index contributed by atoms with van der Waals surface area (Å²) in [6, 6.07) is 5.85. The van der Waals surface area contributed by atoms with Crippen LogP contribution in [0.1, 0.15) is 6.42 Å². The molecule has 1 N–H and O–H groups in total. The van der Waals surface area contributed by atoms with Crippen LogP contribution in [-0.2, 0) is 9.59 Å². The van der Waals surface area contributed by atoms with Gasteiger partial charge in [-0.15, -0.1) is 0 Å². The monoisotopic (exact) mass is 280 g/mol. The summed E-state index contributed by atoms with van der Waals surface area (Å²) in [7, 11) is 1.67. The molecule has 0 saturated carbocycles. The van der Waals surface area contributed by atoms with Gasteiger partial charge < -0.3 is 15.0 Å². The van der Waals surface area contributed by atoms with E-state index in [1.54, 1.807) is 19.2 Å². The average Bonchev–Trinajstić information content (AvgIpc) is 2.84. The maximum atomic E-state index is 12.9. The van der Waals surface area contributed by atoms with E-state index < -0.39 is 0 Å². The van der Waals surface area contributed by atoms with Crippen LogP contribution in [-0.4, -0.2) is 43.5 Å². The van der Waals surface area contributed by atoms with Gasteiger partial charge in [0.25, 0.3) is 0 Å². The molecular weight excluding hydrogens is 263 g/mol. The maximum absolute atomic E-state index is 12.9. The van der Waals surface area contributed by atoms with E-state index in [0.717, 1.165) is 0 Å². The summed E-state index contributed by atoms with van der Waals surface area (Å²) in [5, 5.41) is 2.63. The molecule has 6 heteroatoms. The lowest BCUT2D eigenvalue weighted by Gasteiger charge is -2.20. The largest absolute Gasteiger partial charge is 0.492 e. The van der Waals surface area contributed by atoms with Crippen molar-refractivity contribution in [2.24, 2.45) is 5.92 Å². The van der Waals surface area contributed by atoms with E-state index in [9.17, 15) is 14.0 Å². The molecule has 1 fully saturated rings. The molecule has 0 aromatic heterocycles. The molecule has 1 aromatic rings. The zero-order valence-corrected chi connectivity index (χ0v) is 11.3. The predicted octanol–water partition coefficient (Wildman–Crippen LogP) is 0.799. The summed E-state index contributed by atoms with van der Waals surface area (Å²) in [5.41, 5.74) is 0. The molecule has 1 unspecified atom stereocenters. The van der Waals surface area contributed by atoms with Gasteiger partial charge >= 0.3 is 0 Å². The smallest absolute Gasteiger partial charge is 0.227 e. The van der Waals surface area contributed by atoms with Crippen molar-refractivity contribution in [2.75, 3.05) is 26.7 Å². The third kappa shape index (κ3) is 3.69. The van der Waals surface area contributed by atoms with Crippen molar-refractivity contribution in [3.05, 3.63) is 30.1 Å². The summed E-state index contributed by atoms with van der Waals surface area (Å²) in [6.07, 6.45) is 0.244. The average molecular weight is 280 g/mol. The standard InChI is InChI=1S/C14H17FN2O3/c1-17(14(19)10-7-13(18)16-9-10)5-6-20-12-4-2-3-11(15)8-12/h2-4,8,10H,5-7,9H2,1H3,(H,16,18). The SMILES string of the molecule is CN(CCOc1cccc(F)c1)C(=O)C1CNC(=O)C1. The van der Waals surface area contributed by atoms with Gasteiger partial charge in [-0.3, -0.25) is 9.59 Å². The molecule has 2 amide bonds. The van der Waals surface area contributed by atoms with Crippen LogP contribution < -0.4 is 10.1 Å². The van der Waals surface area contributed by atoms with E-state index in [0.29, 0.717) is 18.8 Å². The van der Waals surface area contributed by atoms with E-state index in [1.165, 1.54) is 17.0 Å². The summed E-state index contributed by atoms with van der Waals surface area (Å²) in [6.45, 7) is 1.06. The zero-order chi connectivity index (χ0) is 14.5. The molecule has 2 rings (SSSR count). The van der Waals surface area contributed by atoms with E-state index in [2.05, 4.69) is 5.32 Å². The maximum Gasteiger partial charge on any atom is 0.227 e. The summed E-state index contributed by atoms with van der Waals surface area (Å²) < 4.78 is 18.3. The Bertz CT molecular complexity index is 507. The van der Waals surface area contributed by atoms with Crippen molar-refractivity contribution >= 4 is 11.8 Å². The van der Waals surface area contributed by atoms with Crippen LogP contribution >= 0.6 is 0 Å². The highest BCUT2D eigenvalue weighted by molar-refractivity contribution is 5.89. The first-order valence-electron chi connectivity index (χ1n) is 6.46. The number of hydrogen-bond acceptors (Lipinski definition) is 3. The second-order valence-electron chi connectivity index (χ2n) is 4.77. The van der Waals surface area contributed by atoms with Gasteiger partial charge in [-0.1, -0.05) is 6.07 Å². The highest BCUT2D eigenvalue weighted by atomic mass is 19.1. The Labute approximate surface area is 116 Å². The van der Waals surface area contributed by atoms with Crippen molar-refractivity contribution in [3.63, 3.8) is 0 Å². The number of rotatable bonds is 5. The van der Waals surface area contributed by atoms with Gasteiger partial charge in [0.05, 0.1) is 12.5 Å². The lowest BCUT2D eigenvalue weighted by molar-refractivity contribution is -0.134. The highest BCUT2D eigenvalue weighted by Gasteiger charge is 2.29. The number of benzene rings is 1. The second kappa shape index (κ2) is 6.36. The number of ether oxygens (including phenoxy) is 1. The molecule has 1 aromatic carbocycles. The van der Waals surface area contributed by atoms with Gasteiger partial charge in [-0.2, -0.15) is 0 Å². The number of carbonyl (C=O) groups excluding carboxylic acids is 2. The summed E-state index contributed by atoms with van der Waals surface area (Å²) in [4.78, 5) is 24.6. The Morgan fingerprint density at radius 3 is 3.00 bits per heavy atom. The van der Waals surface area contributed by atoms with Gasteiger partial charge in [0, 0.05) is 26.1 Å². The number of amides is 2. The fourth-order valence-corrected chi connectivity index (χ4v) is 2.06. The van der Waals surface area contributed by atoms with Gasteiger partial charge in [-0.25, -0.2) is 4.39 Å². The molecule has 1 saturated heterocycles. The molecule has 1 heterocycles. The topological polar surface area (TPSA) is 58.6 Å². The van der Waals surface area contributed by atoms with Crippen LogP contribution in [0.3, 0.4) is 0 Å². The normalized spacial score (nSPS) is 17.7. The summed E-state index contributed by atoms with van der Waals surface area (Å²) in [5.74, 6) is -0.383. The molecule has 1 aliphatic rings. The minimum absolute atomic E-state index is 0.0776. The molecule has 1 aliphatic heterocycles. The van der Waals surface area contributed by atoms with Crippen LogP contribution in [0, 0.1) is 11.7 Å². The Hall–Kier alpha value is -2.11. The molecule has 0 bridgehead atoms. The van der Waals surface area contributed by atoms with E-state index in [1.807, 2.05) is 0 Å². The molecule has 0 aliphatic carbocycles. The second-order valence-corrected chi connectivity index (χ2v) is 4.77. The third-order valence-electron chi connectivity index (χ3n) is 3.19. The Morgan fingerprint density at radius 2 is 2.35 bits per heavy atom. The lowest BCUT2D eigenvalue weighted by atomic mass is 10.1. The minimum Gasteiger partial charge on any atom is -0.492 e. The Kier molecular flexibility index (Phi) is 4.55. The molecule has 108 valence electrons. The zero-order valence-electron chi connectivity index (χ0n) is 11.3. The van der Waals surface area contributed by atoms with Crippen LogP contribution in [0.15, 0.2) is 24.3 Å². The number of hydrogen-bond donors (Lipinski definition) is 1. The quantitative estimate of drug-likeness (QED) is 0.868. The molecular formula is C14H17FN2O3. The Balaban J connectivity index is 1.76. The van der Waals surface area contributed by atoms with Gasteiger partial charge in [0.1, 0.15) is 18.2 Å². The molecule has 20 heavy (non-hydrogen) atoms. The van der Waals surface area contributed by atoms with E-state index in [-0.39, 0.29) is 36.6 Å². The van der Waals surface area contributed by atoms with Gasteiger partial charge in [-0.05, 0) is 12.1 Å². The van der Waals surface area contributed by atoms with Crippen molar-refractivity contribution < 1.29 is 18.7 Å². The molecule has 1 atom stereocenters. The summed E-state index contributed by atoms with van der Waals surface area (Å²) >= 11 is 0. The van der Waals surface area contributed by atoms with Crippen molar-refractivity contribution in [1.29, 1.82) is 0 Å². The first-order chi connectivity index (χ1) is 9.56. The minimum atomic E-state index is -0.359. The van der Waals surface area contributed by atoms with E-state index in [4.69, 9.17) is 4.74 Å². The van der Waals surface area contributed by atoms with Crippen LogP contribution in [0.25, 0.3) is 0 Å². The molecule has 0 radical (unpaired) electrons. The van der Waals surface area contributed by atoms with Crippen molar-refractivity contribution in [2.45, 2.75) is 6.42 Å². The Morgan fingerprint density at radius 1 is 1.55 bits per heavy atom. The van der Waals surface area contributed by atoms with Crippen LogP contribution in [0.5, 0.6) is 5.75 Å². The van der Waals surface area contributed by atoms with Crippen LogP contribution in [0.2, 0.25) is 0 Å². The number of halogens is 1. The van der Waals surface area contributed by atoms with Gasteiger partial charge in [0.2, 0.25) is 11.8 Å². The van der Waals surface area contributed by atoms with Crippen molar-refractivity contribution in [3.8, 4) is 5.75 Å². The van der Waals surface area contributed by atoms with Gasteiger partial charge in [0.15, 0.2) is 0 Å². The van der Waals surface area contributed by atoms with Crippen LogP contribution in [0.4, 0.5) is 4.39 Å². The lowest BCUT2D eigenvalue weighted by Crippen LogP contribution is -2.36. The third-order valence-corrected chi connectivity index (χ3v) is 3.19. The first-order valence-corrected chi connectivity index (χ1v) is 6.46. The van der Waals surface area contributed by atoms with Crippen molar-refractivity contribution in [1.82, 2.24) is 10.2 Å². The fourth-order valence-electron chi connectivity index (χ4n) is 2.06. The number of carbonyl (C=O) groups is 2. The molecule has 0 spiro atoms. The highest BCUT2D eigenvalue weighted by Crippen LogP contribution is 2.13. The first kappa shape index (κ1) is 14.3. The number of nitrogens with one attached hydrogen (secondary N) is 1. The molecule has 5 nitrogen and oxygen atoms in total. The number of likely N-dealkylation sites (N-methyl/N-ethyl adjacent to an activating group) is 1. The number of nitrogens with zero attached hydrogens (tertiary/aromatic N) is 1. The fraction of sp³-hybridized carbons (Fsp3) is 0.429. The van der Waals surface area contributed by atoms with E-state index >= 15 is 0 Å². The predicted molar refractivity (Wildman–Crippen MR) is 70.6 cm³/mol.